The van der Waals surface area contributed by atoms with Crippen molar-refractivity contribution in [1.29, 1.82) is 0 Å². The monoisotopic (exact) mass is 147 g/mol. The van der Waals surface area contributed by atoms with E-state index in [1.165, 1.54) is 17.0 Å². The molecule has 2 rings (SSSR count). The fourth-order valence-corrected chi connectivity index (χ4v) is 1.78. The average Bonchev–Trinajstić information content (AvgIpc) is 2.37. The zero-order valence-corrected chi connectivity index (χ0v) is 7.26. The molecule has 1 aliphatic heterocycles. The second-order valence-electron chi connectivity index (χ2n) is 3.37. The second-order valence-corrected chi connectivity index (χ2v) is 3.37. The molecule has 0 spiro atoms. The standard InChI is InChI=1S/C10H13N/c1-7-4-9-6-8(2)11(3)10(9)5-7/h4-6,9H,1-3H3. The van der Waals surface area contributed by atoms with E-state index in [0.29, 0.717) is 5.92 Å². The Morgan fingerprint density at radius 3 is 2.64 bits per heavy atom. The van der Waals surface area contributed by atoms with Crippen molar-refractivity contribution in [2.75, 3.05) is 7.05 Å². The fourth-order valence-electron chi connectivity index (χ4n) is 1.78. The number of fused-ring (bicyclic) bond motifs is 1. The van der Waals surface area contributed by atoms with Crippen LogP contribution >= 0.6 is 0 Å². The number of hydrogen-bond acceptors (Lipinski definition) is 1. The minimum Gasteiger partial charge on any atom is -0.351 e. The van der Waals surface area contributed by atoms with Crippen LogP contribution in [-0.2, 0) is 0 Å². The second kappa shape index (κ2) is 2.00. The van der Waals surface area contributed by atoms with E-state index in [4.69, 9.17) is 0 Å². The molecule has 0 aromatic heterocycles. The molecular formula is C10H13N. The lowest BCUT2D eigenvalue weighted by Crippen LogP contribution is -2.10. The smallest absolute Gasteiger partial charge is 0.0377 e. The molecular weight excluding hydrogens is 134 g/mol. The van der Waals surface area contributed by atoms with Gasteiger partial charge < -0.3 is 4.90 Å². The molecule has 1 nitrogen and oxygen atoms in total. The van der Waals surface area contributed by atoms with E-state index in [0.717, 1.165) is 0 Å². The van der Waals surface area contributed by atoms with Crippen molar-refractivity contribution < 1.29 is 0 Å². The van der Waals surface area contributed by atoms with Crippen molar-refractivity contribution >= 4 is 0 Å². The highest BCUT2D eigenvalue weighted by molar-refractivity contribution is 5.42. The molecule has 1 aliphatic carbocycles. The van der Waals surface area contributed by atoms with E-state index in [1.807, 2.05) is 0 Å². The molecule has 0 aromatic rings. The normalized spacial score (nSPS) is 28.1. The minimum absolute atomic E-state index is 0.569. The molecule has 11 heavy (non-hydrogen) atoms. The quantitative estimate of drug-likeness (QED) is 0.508. The summed E-state index contributed by atoms with van der Waals surface area (Å²) in [5.41, 5.74) is 4.19. The molecule has 0 saturated carbocycles. The number of allylic oxidation sites excluding steroid dienone is 4. The van der Waals surface area contributed by atoms with Crippen molar-refractivity contribution in [1.82, 2.24) is 4.90 Å². The van der Waals surface area contributed by atoms with Gasteiger partial charge in [-0.05, 0) is 19.9 Å². The third-order valence-electron chi connectivity index (χ3n) is 2.50. The molecule has 0 fully saturated rings. The van der Waals surface area contributed by atoms with Gasteiger partial charge in [-0.15, -0.1) is 0 Å². The molecule has 0 bridgehead atoms. The zero-order valence-electron chi connectivity index (χ0n) is 7.26. The van der Waals surface area contributed by atoms with Crippen molar-refractivity contribution in [2.45, 2.75) is 13.8 Å². The lowest BCUT2D eigenvalue weighted by atomic mass is 10.1. The first kappa shape index (κ1) is 6.71. The Hall–Kier alpha value is -0.980. The molecule has 0 radical (unpaired) electrons. The van der Waals surface area contributed by atoms with E-state index >= 15 is 0 Å². The Balaban J connectivity index is 2.39. The molecule has 0 aromatic carbocycles. The molecule has 58 valence electrons. The maximum atomic E-state index is 2.31. The number of rotatable bonds is 0. The van der Waals surface area contributed by atoms with Crippen LogP contribution in [0.3, 0.4) is 0 Å². The summed E-state index contributed by atoms with van der Waals surface area (Å²) in [6, 6.07) is 0. The van der Waals surface area contributed by atoms with Crippen molar-refractivity contribution in [3.8, 4) is 0 Å². The van der Waals surface area contributed by atoms with Crippen molar-refractivity contribution in [3.63, 3.8) is 0 Å². The van der Waals surface area contributed by atoms with Gasteiger partial charge in [-0.3, -0.25) is 0 Å². The molecule has 2 aliphatic rings. The van der Waals surface area contributed by atoms with Crippen LogP contribution in [0.1, 0.15) is 13.8 Å². The summed E-state index contributed by atoms with van der Waals surface area (Å²) in [5, 5.41) is 0. The molecule has 1 heterocycles. The van der Waals surface area contributed by atoms with Crippen LogP contribution in [-0.4, -0.2) is 11.9 Å². The van der Waals surface area contributed by atoms with Crippen molar-refractivity contribution in [2.24, 2.45) is 5.92 Å². The highest BCUT2D eigenvalue weighted by atomic mass is 15.1. The molecule has 1 heteroatoms. The van der Waals surface area contributed by atoms with Gasteiger partial charge >= 0.3 is 0 Å². The maximum absolute atomic E-state index is 2.31. The van der Waals surface area contributed by atoms with Crippen LogP contribution in [0, 0.1) is 5.92 Å². The predicted molar refractivity (Wildman–Crippen MR) is 46.9 cm³/mol. The van der Waals surface area contributed by atoms with Crippen LogP contribution in [0.5, 0.6) is 0 Å². The van der Waals surface area contributed by atoms with Gasteiger partial charge in [-0.1, -0.05) is 17.7 Å². The predicted octanol–water partition coefficient (Wildman–Crippen LogP) is 2.30. The third kappa shape index (κ3) is 0.839. The van der Waals surface area contributed by atoms with E-state index in [9.17, 15) is 0 Å². The van der Waals surface area contributed by atoms with E-state index < -0.39 is 0 Å². The summed E-state index contributed by atoms with van der Waals surface area (Å²) in [6.07, 6.45) is 6.88. The zero-order chi connectivity index (χ0) is 8.01. The third-order valence-corrected chi connectivity index (χ3v) is 2.50. The Bertz CT molecular complexity index is 281. The van der Waals surface area contributed by atoms with Gasteiger partial charge in [0.05, 0.1) is 0 Å². The Morgan fingerprint density at radius 1 is 1.27 bits per heavy atom. The molecule has 0 amide bonds. The fraction of sp³-hybridized carbons (Fsp3) is 0.400. The number of nitrogens with zero attached hydrogens (tertiary/aromatic N) is 1. The average molecular weight is 147 g/mol. The van der Waals surface area contributed by atoms with Crippen LogP contribution in [0.15, 0.2) is 35.2 Å². The highest BCUT2D eigenvalue weighted by Crippen LogP contribution is 2.35. The van der Waals surface area contributed by atoms with Gasteiger partial charge in [-0.2, -0.15) is 0 Å². The summed E-state index contributed by atoms with van der Waals surface area (Å²) in [6.45, 7) is 4.31. The van der Waals surface area contributed by atoms with Gasteiger partial charge in [0.1, 0.15) is 0 Å². The van der Waals surface area contributed by atoms with Crippen LogP contribution in [0.4, 0.5) is 0 Å². The summed E-state index contributed by atoms with van der Waals surface area (Å²) in [7, 11) is 2.13. The summed E-state index contributed by atoms with van der Waals surface area (Å²) < 4.78 is 0. The topological polar surface area (TPSA) is 3.24 Å². The Labute approximate surface area is 67.7 Å². The number of hydrogen-bond donors (Lipinski definition) is 0. The lowest BCUT2D eigenvalue weighted by molar-refractivity contribution is 0.528. The molecule has 0 saturated heterocycles. The molecule has 1 atom stereocenters. The van der Waals surface area contributed by atoms with Crippen LogP contribution in [0.2, 0.25) is 0 Å². The van der Waals surface area contributed by atoms with Crippen LogP contribution in [0.25, 0.3) is 0 Å². The summed E-state index contributed by atoms with van der Waals surface area (Å²) in [5.74, 6) is 0.569. The van der Waals surface area contributed by atoms with Gasteiger partial charge in [0, 0.05) is 24.4 Å². The SMILES string of the molecule is CC1=CC2C=C(C)N(C)C2=C1. The molecule has 1 unspecified atom stereocenters. The maximum Gasteiger partial charge on any atom is 0.0377 e. The molecule has 0 N–H and O–H groups in total. The Morgan fingerprint density at radius 2 is 2.00 bits per heavy atom. The first-order valence-electron chi connectivity index (χ1n) is 4.00. The lowest BCUT2D eigenvalue weighted by Gasteiger charge is -2.15. The van der Waals surface area contributed by atoms with Gasteiger partial charge in [0.15, 0.2) is 0 Å². The van der Waals surface area contributed by atoms with Gasteiger partial charge in [0.25, 0.3) is 0 Å². The first-order chi connectivity index (χ1) is 5.18. The highest BCUT2D eigenvalue weighted by Gasteiger charge is 2.25. The Kier molecular flexibility index (Phi) is 1.22. The van der Waals surface area contributed by atoms with E-state index in [-0.39, 0.29) is 0 Å². The summed E-state index contributed by atoms with van der Waals surface area (Å²) >= 11 is 0. The summed E-state index contributed by atoms with van der Waals surface area (Å²) in [4.78, 5) is 2.26. The first-order valence-corrected chi connectivity index (χ1v) is 4.00. The minimum atomic E-state index is 0.569. The van der Waals surface area contributed by atoms with Gasteiger partial charge in [0.2, 0.25) is 0 Å². The van der Waals surface area contributed by atoms with E-state index in [1.54, 1.807) is 0 Å². The van der Waals surface area contributed by atoms with Crippen LogP contribution < -0.4 is 0 Å². The van der Waals surface area contributed by atoms with Gasteiger partial charge in [-0.25, -0.2) is 0 Å². The van der Waals surface area contributed by atoms with E-state index in [2.05, 4.69) is 44.0 Å². The largest absolute Gasteiger partial charge is 0.351 e. The van der Waals surface area contributed by atoms with Crippen molar-refractivity contribution in [3.05, 3.63) is 35.2 Å².